The van der Waals surface area contributed by atoms with Crippen LogP contribution in [0.4, 0.5) is 17.6 Å². The molecule has 0 bridgehead atoms. The Morgan fingerprint density at radius 2 is 1.81 bits per heavy atom. The van der Waals surface area contributed by atoms with E-state index in [1.807, 2.05) is 0 Å². The fourth-order valence-electron chi connectivity index (χ4n) is 0.719. The minimum absolute atomic E-state index is 0.576. The third-order valence-corrected chi connectivity index (χ3v) is 2.65. The standard InChI is InChI=1S/C7H3ClF4O3S/c8-4-2-1-3-5(9)6(4)15-16(13,14)7(10,11)12/h1-3H. The molecule has 1 aromatic rings. The third-order valence-electron chi connectivity index (χ3n) is 1.40. The molecule has 0 saturated heterocycles. The van der Waals surface area contributed by atoms with Gasteiger partial charge in [-0.1, -0.05) is 17.7 Å². The van der Waals surface area contributed by atoms with E-state index in [0.29, 0.717) is 6.07 Å². The van der Waals surface area contributed by atoms with Gasteiger partial charge in [-0.15, -0.1) is 0 Å². The van der Waals surface area contributed by atoms with Crippen LogP contribution in [0.3, 0.4) is 0 Å². The average Bonchev–Trinajstić information content (AvgIpc) is 2.10. The van der Waals surface area contributed by atoms with Gasteiger partial charge in [-0.3, -0.25) is 0 Å². The van der Waals surface area contributed by atoms with E-state index in [1.165, 1.54) is 0 Å². The van der Waals surface area contributed by atoms with Gasteiger partial charge in [0.25, 0.3) is 0 Å². The zero-order valence-electron chi connectivity index (χ0n) is 7.25. The summed E-state index contributed by atoms with van der Waals surface area (Å²) in [6, 6.07) is 2.80. The first-order valence-electron chi connectivity index (χ1n) is 3.60. The van der Waals surface area contributed by atoms with E-state index in [0.717, 1.165) is 12.1 Å². The maximum atomic E-state index is 12.9. The van der Waals surface area contributed by atoms with Crippen LogP contribution in [0.2, 0.25) is 5.02 Å². The van der Waals surface area contributed by atoms with Crippen molar-refractivity contribution in [2.45, 2.75) is 5.51 Å². The summed E-state index contributed by atoms with van der Waals surface area (Å²) < 4.78 is 73.3. The summed E-state index contributed by atoms with van der Waals surface area (Å²) in [5, 5.41) is -0.576. The Kier molecular flexibility index (Phi) is 3.34. The van der Waals surface area contributed by atoms with E-state index in [2.05, 4.69) is 4.18 Å². The van der Waals surface area contributed by atoms with Gasteiger partial charge < -0.3 is 4.18 Å². The predicted molar refractivity (Wildman–Crippen MR) is 47.0 cm³/mol. The Hall–Kier alpha value is -1.02. The maximum absolute atomic E-state index is 12.9. The molecule has 0 aliphatic carbocycles. The molecule has 16 heavy (non-hydrogen) atoms. The first-order valence-corrected chi connectivity index (χ1v) is 5.38. The smallest absolute Gasteiger partial charge is 0.371 e. The zero-order chi connectivity index (χ0) is 12.6. The zero-order valence-corrected chi connectivity index (χ0v) is 8.83. The van der Waals surface area contributed by atoms with Gasteiger partial charge in [0, 0.05) is 0 Å². The SMILES string of the molecule is O=S(=O)(Oc1c(F)cccc1Cl)C(F)(F)F. The van der Waals surface area contributed by atoms with E-state index < -0.39 is 32.2 Å². The van der Waals surface area contributed by atoms with Gasteiger partial charge in [0.15, 0.2) is 11.6 Å². The monoisotopic (exact) mass is 278 g/mol. The minimum atomic E-state index is -5.92. The van der Waals surface area contributed by atoms with Crippen LogP contribution in [0.1, 0.15) is 0 Å². The molecule has 0 fully saturated rings. The van der Waals surface area contributed by atoms with Crippen molar-refractivity contribution in [1.29, 1.82) is 0 Å². The van der Waals surface area contributed by atoms with Crippen molar-refractivity contribution in [1.82, 2.24) is 0 Å². The molecule has 0 radical (unpaired) electrons. The molecule has 0 amide bonds. The summed E-state index contributed by atoms with van der Waals surface area (Å²) in [5.74, 6) is -2.48. The number of rotatable bonds is 2. The van der Waals surface area contributed by atoms with Gasteiger partial charge >= 0.3 is 15.6 Å². The molecule has 90 valence electrons. The van der Waals surface area contributed by atoms with Crippen LogP contribution in [0.15, 0.2) is 18.2 Å². The lowest BCUT2D eigenvalue weighted by Crippen LogP contribution is -2.28. The summed E-state index contributed by atoms with van der Waals surface area (Å²) in [6.07, 6.45) is 0. The molecule has 0 unspecified atom stereocenters. The van der Waals surface area contributed by atoms with E-state index >= 15 is 0 Å². The van der Waals surface area contributed by atoms with Crippen LogP contribution in [-0.2, 0) is 10.1 Å². The van der Waals surface area contributed by atoms with Crippen LogP contribution < -0.4 is 4.18 Å². The highest BCUT2D eigenvalue weighted by Gasteiger charge is 2.49. The summed E-state index contributed by atoms with van der Waals surface area (Å²) in [7, 11) is -5.92. The van der Waals surface area contributed by atoms with Gasteiger partial charge in [-0.25, -0.2) is 4.39 Å². The summed E-state index contributed by atoms with van der Waals surface area (Å²) in [6.45, 7) is 0. The highest BCUT2D eigenvalue weighted by molar-refractivity contribution is 7.88. The van der Waals surface area contributed by atoms with Gasteiger partial charge in [0.1, 0.15) is 0 Å². The van der Waals surface area contributed by atoms with E-state index in [-0.39, 0.29) is 0 Å². The summed E-state index contributed by atoms with van der Waals surface area (Å²) in [4.78, 5) is 0. The number of halogens is 5. The maximum Gasteiger partial charge on any atom is 0.534 e. The highest BCUT2D eigenvalue weighted by atomic mass is 35.5. The van der Waals surface area contributed by atoms with Crippen molar-refractivity contribution < 1.29 is 30.2 Å². The Morgan fingerprint density at radius 1 is 1.25 bits per heavy atom. The van der Waals surface area contributed by atoms with Crippen LogP contribution in [-0.4, -0.2) is 13.9 Å². The lowest BCUT2D eigenvalue weighted by atomic mass is 10.3. The van der Waals surface area contributed by atoms with E-state index in [4.69, 9.17) is 11.6 Å². The van der Waals surface area contributed by atoms with Crippen molar-refractivity contribution in [3.8, 4) is 5.75 Å². The lowest BCUT2D eigenvalue weighted by molar-refractivity contribution is -0.0500. The fourth-order valence-corrected chi connectivity index (χ4v) is 1.45. The molecule has 0 aromatic heterocycles. The molecule has 0 heterocycles. The first kappa shape index (κ1) is 13.0. The molecule has 9 heteroatoms. The number of benzene rings is 1. The highest BCUT2D eigenvalue weighted by Crippen LogP contribution is 2.33. The quantitative estimate of drug-likeness (QED) is 0.475. The van der Waals surface area contributed by atoms with Crippen LogP contribution >= 0.6 is 11.6 Å². The second-order valence-corrected chi connectivity index (χ2v) is 4.48. The Morgan fingerprint density at radius 3 is 2.25 bits per heavy atom. The van der Waals surface area contributed by atoms with Gasteiger partial charge in [-0.05, 0) is 12.1 Å². The molecule has 0 atom stereocenters. The topological polar surface area (TPSA) is 43.4 Å². The summed E-state index contributed by atoms with van der Waals surface area (Å²) in [5.41, 5.74) is -5.64. The Labute approximate surface area is 92.7 Å². The fraction of sp³-hybridized carbons (Fsp3) is 0.143. The van der Waals surface area contributed by atoms with Gasteiger partial charge in [0.2, 0.25) is 0 Å². The van der Waals surface area contributed by atoms with Crippen LogP contribution in [0, 0.1) is 5.82 Å². The molecular formula is C7H3ClF4O3S. The first-order chi connectivity index (χ1) is 7.15. The van der Waals surface area contributed by atoms with Gasteiger partial charge in [0.05, 0.1) is 5.02 Å². The number of hydrogen-bond acceptors (Lipinski definition) is 3. The van der Waals surface area contributed by atoms with E-state index in [1.54, 1.807) is 0 Å². The Bertz CT molecular complexity index is 477. The minimum Gasteiger partial charge on any atom is -0.371 e. The average molecular weight is 279 g/mol. The second kappa shape index (κ2) is 4.10. The molecule has 1 aromatic carbocycles. The van der Waals surface area contributed by atoms with Crippen LogP contribution in [0.25, 0.3) is 0 Å². The number of hydrogen-bond donors (Lipinski definition) is 0. The van der Waals surface area contributed by atoms with Crippen molar-refractivity contribution in [3.63, 3.8) is 0 Å². The predicted octanol–water partition coefficient (Wildman–Crippen LogP) is 2.71. The van der Waals surface area contributed by atoms with Crippen molar-refractivity contribution in [2.24, 2.45) is 0 Å². The second-order valence-electron chi connectivity index (χ2n) is 2.53. The molecule has 1 rings (SSSR count). The van der Waals surface area contributed by atoms with Gasteiger partial charge in [-0.2, -0.15) is 21.6 Å². The molecule has 0 N–H and O–H groups in total. The normalized spacial score (nSPS) is 12.6. The van der Waals surface area contributed by atoms with E-state index in [9.17, 15) is 26.0 Å². The number of alkyl halides is 3. The molecule has 0 aliphatic heterocycles. The molecule has 3 nitrogen and oxygen atoms in total. The van der Waals surface area contributed by atoms with Crippen molar-refractivity contribution in [2.75, 3.05) is 0 Å². The third kappa shape index (κ3) is 2.56. The molecule has 0 spiro atoms. The lowest BCUT2D eigenvalue weighted by Gasteiger charge is -2.10. The van der Waals surface area contributed by atoms with Crippen LogP contribution in [0.5, 0.6) is 5.75 Å². The van der Waals surface area contributed by atoms with Crippen molar-refractivity contribution >= 4 is 21.7 Å². The summed E-state index contributed by atoms with van der Waals surface area (Å²) >= 11 is 5.29. The molecular weight excluding hydrogens is 276 g/mol. The Balaban J connectivity index is 3.17. The largest absolute Gasteiger partial charge is 0.534 e. The molecule has 0 saturated carbocycles. The number of para-hydroxylation sites is 1. The van der Waals surface area contributed by atoms with Crippen molar-refractivity contribution in [3.05, 3.63) is 29.0 Å². The molecule has 0 aliphatic rings.